The van der Waals surface area contributed by atoms with Crippen molar-refractivity contribution in [2.75, 3.05) is 13.2 Å². The van der Waals surface area contributed by atoms with Crippen molar-refractivity contribution in [1.82, 2.24) is 4.90 Å². The second-order valence-electron chi connectivity index (χ2n) is 5.66. The third kappa shape index (κ3) is 2.58. The molecule has 1 aromatic carbocycles. The zero-order valence-electron chi connectivity index (χ0n) is 11.8. The molecular formula is C16H22N2O2. The highest BCUT2D eigenvalue weighted by Crippen LogP contribution is 2.29. The molecule has 2 unspecified atom stereocenters. The third-order valence-electron chi connectivity index (χ3n) is 4.40. The van der Waals surface area contributed by atoms with Crippen molar-refractivity contribution in [3.05, 3.63) is 35.4 Å². The van der Waals surface area contributed by atoms with Crippen molar-refractivity contribution in [2.45, 2.75) is 44.4 Å². The van der Waals surface area contributed by atoms with E-state index < -0.39 is 0 Å². The lowest BCUT2D eigenvalue weighted by Gasteiger charge is -2.43. The van der Waals surface area contributed by atoms with Gasteiger partial charge in [0.1, 0.15) is 0 Å². The van der Waals surface area contributed by atoms with Gasteiger partial charge in [-0.25, -0.2) is 0 Å². The van der Waals surface area contributed by atoms with Crippen LogP contribution in [-0.2, 0) is 11.3 Å². The molecule has 108 valence electrons. The third-order valence-corrected chi connectivity index (χ3v) is 4.40. The number of morpholine rings is 1. The molecule has 1 saturated heterocycles. The van der Waals surface area contributed by atoms with Crippen molar-refractivity contribution in [3.8, 4) is 0 Å². The van der Waals surface area contributed by atoms with Crippen LogP contribution in [-0.4, -0.2) is 36.1 Å². The van der Waals surface area contributed by atoms with Gasteiger partial charge in [-0.2, -0.15) is 0 Å². The van der Waals surface area contributed by atoms with Crippen LogP contribution < -0.4 is 5.73 Å². The predicted octanol–water partition coefficient (Wildman–Crippen LogP) is 1.93. The highest BCUT2D eigenvalue weighted by atomic mass is 16.5. The Morgan fingerprint density at radius 3 is 3.05 bits per heavy atom. The first-order valence-corrected chi connectivity index (χ1v) is 7.51. The number of fused-ring (bicyclic) bond motifs is 1. The van der Waals surface area contributed by atoms with Crippen molar-refractivity contribution in [2.24, 2.45) is 5.73 Å². The summed E-state index contributed by atoms with van der Waals surface area (Å²) >= 11 is 0. The lowest BCUT2D eigenvalue weighted by molar-refractivity contribution is -0.0752. The Morgan fingerprint density at radius 2 is 2.20 bits per heavy atom. The van der Waals surface area contributed by atoms with Crippen molar-refractivity contribution < 1.29 is 9.53 Å². The fourth-order valence-electron chi connectivity index (χ4n) is 3.35. The summed E-state index contributed by atoms with van der Waals surface area (Å²) in [5, 5.41) is 0. The predicted molar refractivity (Wildman–Crippen MR) is 77.4 cm³/mol. The van der Waals surface area contributed by atoms with Gasteiger partial charge in [0.05, 0.1) is 18.8 Å². The van der Waals surface area contributed by atoms with Gasteiger partial charge in [-0.1, -0.05) is 25.0 Å². The number of hydrogen-bond donors (Lipinski definition) is 1. The Kier molecular flexibility index (Phi) is 4.03. The lowest BCUT2D eigenvalue weighted by atomic mass is 9.89. The lowest BCUT2D eigenvalue weighted by Crippen LogP contribution is -2.54. The first-order chi connectivity index (χ1) is 9.79. The minimum absolute atomic E-state index is 0.125. The summed E-state index contributed by atoms with van der Waals surface area (Å²) in [6, 6.07) is 7.92. The molecule has 1 amide bonds. The van der Waals surface area contributed by atoms with E-state index in [1.165, 1.54) is 12.8 Å². The van der Waals surface area contributed by atoms with Crippen LogP contribution in [0.3, 0.4) is 0 Å². The van der Waals surface area contributed by atoms with Crippen LogP contribution in [0.5, 0.6) is 0 Å². The highest BCUT2D eigenvalue weighted by Gasteiger charge is 2.36. The molecule has 1 aromatic rings. The number of ether oxygens (including phenoxy) is 1. The molecule has 1 heterocycles. The molecule has 4 nitrogen and oxygen atoms in total. The van der Waals surface area contributed by atoms with E-state index >= 15 is 0 Å². The van der Waals surface area contributed by atoms with Crippen molar-refractivity contribution >= 4 is 5.91 Å². The fourth-order valence-corrected chi connectivity index (χ4v) is 3.35. The molecule has 2 N–H and O–H groups in total. The van der Waals surface area contributed by atoms with Gasteiger partial charge in [0.15, 0.2) is 0 Å². The number of carbonyl (C=O) groups excluding carboxylic acids is 1. The Morgan fingerprint density at radius 1 is 1.35 bits per heavy atom. The Hall–Kier alpha value is -1.39. The summed E-state index contributed by atoms with van der Waals surface area (Å²) in [6.07, 6.45) is 4.78. The Labute approximate surface area is 119 Å². The molecule has 2 aliphatic rings. The van der Waals surface area contributed by atoms with E-state index in [0.717, 1.165) is 24.0 Å². The van der Waals surface area contributed by atoms with Gasteiger partial charge in [0.25, 0.3) is 5.91 Å². The molecule has 0 radical (unpaired) electrons. The molecule has 0 aromatic heterocycles. The molecule has 1 saturated carbocycles. The fraction of sp³-hybridized carbons (Fsp3) is 0.562. The summed E-state index contributed by atoms with van der Waals surface area (Å²) in [7, 11) is 0. The monoisotopic (exact) mass is 274 g/mol. The molecule has 1 aliphatic heterocycles. The van der Waals surface area contributed by atoms with E-state index in [2.05, 4.69) is 0 Å². The highest BCUT2D eigenvalue weighted by molar-refractivity contribution is 5.94. The number of nitrogens with two attached hydrogens (primary N) is 1. The molecule has 3 rings (SSSR count). The normalized spacial score (nSPS) is 26.1. The van der Waals surface area contributed by atoms with Crippen LogP contribution in [0.2, 0.25) is 0 Å². The molecule has 4 heteroatoms. The van der Waals surface area contributed by atoms with Gasteiger partial charge < -0.3 is 15.4 Å². The van der Waals surface area contributed by atoms with Gasteiger partial charge in [0, 0.05) is 18.7 Å². The number of amides is 1. The average molecular weight is 274 g/mol. The average Bonchev–Trinajstić information content (AvgIpc) is 2.53. The summed E-state index contributed by atoms with van der Waals surface area (Å²) < 4.78 is 5.83. The maximum atomic E-state index is 12.8. The molecule has 2 atom stereocenters. The SMILES string of the molecule is NCc1cccc(C(=O)N2CCOC3CCCCC32)c1. The standard InChI is InChI=1S/C16H22N2O2/c17-11-12-4-3-5-13(10-12)16(19)18-8-9-20-15-7-2-1-6-14(15)18/h3-5,10,14-15H,1-2,6-9,11,17H2. The van der Waals surface area contributed by atoms with Gasteiger partial charge in [0.2, 0.25) is 0 Å². The summed E-state index contributed by atoms with van der Waals surface area (Å²) in [6.45, 7) is 1.83. The molecule has 0 bridgehead atoms. The van der Waals surface area contributed by atoms with E-state index in [1.54, 1.807) is 0 Å². The van der Waals surface area contributed by atoms with Crippen LogP contribution in [0, 0.1) is 0 Å². The first kappa shape index (κ1) is 13.6. The number of nitrogens with zero attached hydrogens (tertiary/aromatic N) is 1. The minimum Gasteiger partial charge on any atom is -0.374 e. The summed E-state index contributed by atoms with van der Waals surface area (Å²) in [5.74, 6) is 0.125. The number of benzene rings is 1. The second-order valence-corrected chi connectivity index (χ2v) is 5.66. The van der Waals surface area contributed by atoms with Crippen LogP contribution in [0.15, 0.2) is 24.3 Å². The van der Waals surface area contributed by atoms with E-state index in [4.69, 9.17) is 10.5 Å². The molecule has 20 heavy (non-hydrogen) atoms. The van der Waals surface area contributed by atoms with Gasteiger partial charge >= 0.3 is 0 Å². The Bertz CT molecular complexity index is 487. The quantitative estimate of drug-likeness (QED) is 0.896. The van der Waals surface area contributed by atoms with Crippen LogP contribution in [0.1, 0.15) is 41.6 Å². The van der Waals surface area contributed by atoms with Crippen LogP contribution in [0.25, 0.3) is 0 Å². The van der Waals surface area contributed by atoms with Crippen molar-refractivity contribution in [1.29, 1.82) is 0 Å². The smallest absolute Gasteiger partial charge is 0.254 e. The summed E-state index contributed by atoms with van der Waals surface area (Å²) in [4.78, 5) is 14.8. The first-order valence-electron chi connectivity index (χ1n) is 7.51. The minimum atomic E-state index is 0.125. The van der Waals surface area contributed by atoms with Crippen LogP contribution in [0.4, 0.5) is 0 Å². The maximum absolute atomic E-state index is 12.8. The molecular weight excluding hydrogens is 252 g/mol. The maximum Gasteiger partial charge on any atom is 0.254 e. The van der Waals surface area contributed by atoms with E-state index in [-0.39, 0.29) is 18.1 Å². The zero-order valence-corrected chi connectivity index (χ0v) is 11.8. The zero-order chi connectivity index (χ0) is 13.9. The largest absolute Gasteiger partial charge is 0.374 e. The number of rotatable bonds is 2. The number of hydrogen-bond acceptors (Lipinski definition) is 3. The number of carbonyl (C=O) groups is 1. The van der Waals surface area contributed by atoms with Crippen LogP contribution >= 0.6 is 0 Å². The Balaban J connectivity index is 1.81. The van der Waals surface area contributed by atoms with Gasteiger partial charge in [-0.3, -0.25) is 4.79 Å². The molecule has 2 fully saturated rings. The second kappa shape index (κ2) is 5.94. The van der Waals surface area contributed by atoms with Gasteiger partial charge in [-0.15, -0.1) is 0 Å². The summed E-state index contributed by atoms with van der Waals surface area (Å²) in [5.41, 5.74) is 7.41. The van der Waals surface area contributed by atoms with Crippen molar-refractivity contribution in [3.63, 3.8) is 0 Å². The van der Waals surface area contributed by atoms with Gasteiger partial charge in [-0.05, 0) is 30.5 Å². The topological polar surface area (TPSA) is 55.6 Å². The van der Waals surface area contributed by atoms with E-state index in [0.29, 0.717) is 19.7 Å². The van der Waals surface area contributed by atoms with E-state index in [1.807, 2.05) is 29.2 Å². The van der Waals surface area contributed by atoms with E-state index in [9.17, 15) is 4.79 Å². The molecule has 0 spiro atoms. The molecule has 1 aliphatic carbocycles.